The summed E-state index contributed by atoms with van der Waals surface area (Å²) in [4.78, 5) is 44.1. The number of fused-ring (bicyclic) bond motifs is 2. The third-order valence-corrected chi connectivity index (χ3v) is 5.54. The molecule has 1 fully saturated rings. The summed E-state index contributed by atoms with van der Waals surface area (Å²) in [7, 11) is 0. The molecule has 8 heteroatoms. The Morgan fingerprint density at radius 2 is 1.07 bits per heavy atom. The molecule has 0 amide bonds. The predicted octanol–water partition coefficient (Wildman–Crippen LogP) is 1.48. The van der Waals surface area contributed by atoms with Crippen LogP contribution in [0.25, 0.3) is 21.8 Å². The summed E-state index contributed by atoms with van der Waals surface area (Å²) in [5.41, 5.74) is 1.25. The summed E-state index contributed by atoms with van der Waals surface area (Å²) in [6.07, 6.45) is 0. The molecule has 1 saturated heterocycles. The first-order valence-corrected chi connectivity index (χ1v) is 10.1. The molecular weight excluding hydrogens is 380 g/mol. The van der Waals surface area contributed by atoms with E-state index in [1.807, 2.05) is 36.4 Å². The number of para-hydroxylation sites is 2. The largest absolute Gasteiger partial charge is 0.309 e. The highest BCUT2D eigenvalue weighted by Crippen LogP contribution is 2.11. The van der Waals surface area contributed by atoms with E-state index in [0.29, 0.717) is 35.5 Å². The first-order chi connectivity index (χ1) is 14.7. The van der Waals surface area contributed by atoms with Crippen molar-refractivity contribution >= 4 is 21.8 Å². The lowest BCUT2D eigenvalue weighted by atomic mass is 10.2. The number of nitrogens with one attached hydrogen (secondary N) is 2. The fraction of sp³-hybridized carbons (Fsp3) is 0.273. The van der Waals surface area contributed by atoms with Gasteiger partial charge in [-0.2, -0.15) is 0 Å². The number of aromatic amines is 2. The number of hydrogen-bond donors (Lipinski definition) is 2. The molecule has 1 aliphatic rings. The van der Waals surface area contributed by atoms with E-state index in [0.717, 1.165) is 37.2 Å². The van der Waals surface area contributed by atoms with Crippen molar-refractivity contribution in [2.75, 3.05) is 26.2 Å². The second kappa shape index (κ2) is 7.81. The zero-order chi connectivity index (χ0) is 20.5. The smallest absolute Gasteiger partial charge is 0.258 e. The zero-order valence-corrected chi connectivity index (χ0v) is 16.5. The van der Waals surface area contributed by atoms with Gasteiger partial charge in [-0.3, -0.25) is 19.4 Å². The Hall–Kier alpha value is -3.36. The van der Waals surface area contributed by atoms with Gasteiger partial charge in [0.25, 0.3) is 11.1 Å². The average molecular weight is 402 g/mol. The van der Waals surface area contributed by atoms with Crippen LogP contribution in [0.2, 0.25) is 0 Å². The monoisotopic (exact) mass is 402 g/mol. The number of hydrogen-bond acceptors (Lipinski definition) is 6. The van der Waals surface area contributed by atoms with Crippen LogP contribution < -0.4 is 11.1 Å². The zero-order valence-electron chi connectivity index (χ0n) is 16.5. The van der Waals surface area contributed by atoms with E-state index < -0.39 is 0 Å². The first-order valence-electron chi connectivity index (χ1n) is 10.1. The predicted molar refractivity (Wildman–Crippen MR) is 115 cm³/mol. The van der Waals surface area contributed by atoms with E-state index in [1.165, 1.54) is 0 Å². The summed E-state index contributed by atoms with van der Waals surface area (Å²) in [5, 5.41) is 1.23. The van der Waals surface area contributed by atoms with Crippen LogP contribution in [0.1, 0.15) is 11.6 Å². The van der Waals surface area contributed by atoms with Gasteiger partial charge in [0, 0.05) is 26.2 Å². The SMILES string of the molecule is O=c1[nH]c(CN2CCN(Cc3nc4ccccc4c(=O)[nH]3)CC2)nc2ccccc12. The fourth-order valence-corrected chi connectivity index (χ4v) is 3.95. The summed E-state index contributed by atoms with van der Waals surface area (Å²) in [5.74, 6) is 1.38. The van der Waals surface area contributed by atoms with Gasteiger partial charge in [0.15, 0.2) is 0 Å². The van der Waals surface area contributed by atoms with Gasteiger partial charge in [0.1, 0.15) is 11.6 Å². The summed E-state index contributed by atoms with van der Waals surface area (Å²) < 4.78 is 0. The molecule has 8 nitrogen and oxygen atoms in total. The Labute approximate surface area is 172 Å². The average Bonchev–Trinajstić information content (AvgIpc) is 2.75. The van der Waals surface area contributed by atoms with E-state index in [4.69, 9.17) is 0 Å². The number of piperazine rings is 1. The van der Waals surface area contributed by atoms with Crippen molar-refractivity contribution in [1.29, 1.82) is 0 Å². The summed E-state index contributed by atoms with van der Waals surface area (Å²) >= 11 is 0. The molecule has 0 saturated carbocycles. The molecule has 0 unspecified atom stereocenters. The quantitative estimate of drug-likeness (QED) is 0.537. The highest BCUT2D eigenvalue weighted by atomic mass is 16.1. The molecule has 152 valence electrons. The third kappa shape index (κ3) is 3.74. The normalized spacial score (nSPS) is 15.7. The molecule has 0 atom stereocenters. The van der Waals surface area contributed by atoms with Crippen molar-refractivity contribution < 1.29 is 0 Å². The third-order valence-electron chi connectivity index (χ3n) is 5.54. The molecule has 1 aliphatic heterocycles. The number of aromatic nitrogens is 4. The number of nitrogens with zero attached hydrogens (tertiary/aromatic N) is 4. The van der Waals surface area contributed by atoms with Crippen molar-refractivity contribution in [3.8, 4) is 0 Å². The molecule has 2 N–H and O–H groups in total. The molecule has 2 aromatic carbocycles. The molecule has 5 rings (SSSR count). The van der Waals surface area contributed by atoms with Crippen LogP contribution in [0.3, 0.4) is 0 Å². The second-order valence-corrected chi connectivity index (χ2v) is 7.61. The fourth-order valence-electron chi connectivity index (χ4n) is 3.95. The Morgan fingerprint density at radius 1 is 0.667 bits per heavy atom. The summed E-state index contributed by atoms with van der Waals surface area (Å²) in [6, 6.07) is 14.8. The van der Waals surface area contributed by atoms with Gasteiger partial charge in [-0.05, 0) is 24.3 Å². The number of benzene rings is 2. The van der Waals surface area contributed by atoms with Crippen molar-refractivity contribution in [2.24, 2.45) is 0 Å². The minimum absolute atomic E-state index is 0.0967. The van der Waals surface area contributed by atoms with Crippen LogP contribution in [0.15, 0.2) is 58.1 Å². The van der Waals surface area contributed by atoms with Crippen LogP contribution in [0.5, 0.6) is 0 Å². The molecule has 2 aromatic heterocycles. The maximum atomic E-state index is 12.3. The van der Waals surface area contributed by atoms with Gasteiger partial charge in [-0.1, -0.05) is 24.3 Å². The van der Waals surface area contributed by atoms with Gasteiger partial charge in [-0.15, -0.1) is 0 Å². The van der Waals surface area contributed by atoms with Gasteiger partial charge >= 0.3 is 0 Å². The molecule has 0 aliphatic carbocycles. The van der Waals surface area contributed by atoms with E-state index in [2.05, 4.69) is 29.7 Å². The highest BCUT2D eigenvalue weighted by Gasteiger charge is 2.19. The van der Waals surface area contributed by atoms with Crippen molar-refractivity contribution in [3.63, 3.8) is 0 Å². The second-order valence-electron chi connectivity index (χ2n) is 7.61. The van der Waals surface area contributed by atoms with Crippen LogP contribution in [0.4, 0.5) is 0 Å². The Kier molecular flexibility index (Phi) is 4.86. The van der Waals surface area contributed by atoms with Crippen molar-refractivity contribution in [2.45, 2.75) is 13.1 Å². The lowest BCUT2D eigenvalue weighted by Crippen LogP contribution is -2.46. The van der Waals surface area contributed by atoms with Gasteiger partial charge in [0.05, 0.1) is 34.9 Å². The Bertz CT molecular complexity index is 1220. The summed E-state index contributed by atoms with van der Waals surface area (Å²) in [6.45, 7) is 4.64. The van der Waals surface area contributed by atoms with Gasteiger partial charge in [-0.25, -0.2) is 9.97 Å². The molecule has 0 bridgehead atoms. The molecule has 0 spiro atoms. The molecule has 4 aromatic rings. The molecule has 3 heterocycles. The van der Waals surface area contributed by atoms with Crippen LogP contribution in [-0.4, -0.2) is 55.9 Å². The van der Waals surface area contributed by atoms with E-state index in [-0.39, 0.29) is 11.1 Å². The minimum Gasteiger partial charge on any atom is -0.309 e. The first kappa shape index (κ1) is 18.7. The van der Waals surface area contributed by atoms with Crippen LogP contribution >= 0.6 is 0 Å². The van der Waals surface area contributed by atoms with E-state index in [9.17, 15) is 9.59 Å². The standard InChI is InChI=1S/C22H22N6O2/c29-21-15-5-1-3-7-17(15)23-19(25-21)13-27-9-11-28(12-10-27)14-20-24-18-8-4-2-6-16(18)22(30)26-20/h1-8H,9-14H2,(H,23,25,29)(H,24,26,30). The maximum absolute atomic E-state index is 12.3. The van der Waals surface area contributed by atoms with Crippen molar-refractivity contribution in [1.82, 2.24) is 29.7 Å². The number of H-pyrrole nitrogens is 2. The minimum atomic E-state index is -0.0967. The molecule has 30 heavy (non-hydrogen) atoms. The highest BCUT2D eigenvalue weighted by molar-refractivity contribution is 5.77. The van der Waals surface area contributed by atoms with Gasteiger partial charge < -0.3 is 9.97 Å². The van der Waals surface area contributed by atoms with Gasteiger partial charge in [0.2, 0.25) is 0 Å². The van der Waals surface area contributed by atoms with E-state index >= 15 is 0 Å². The Balaban J connectivity index is 1.24. The van der Waals surface area contributed by atoms with Crippen LogP contribution in [0, 0.1) is 0 Å². The number of rotatable bonds is 4. The van der Waals surface area contributed by atoms with Crippen LogP contribution in [-0.2, 0) is 13.1 Å². The Morgan fingerprint density at radius 3 is 1.50 bits per heavy atom. The molecular formula is C22H22N6O2. The lowest BCUT2D eigenvalue weighted by Gasteiger charge is -2.34. The van der Waals surface area contributed by atoms with E-state index in [1.54, 1.807) is 12.1 Å². The topological polar surface area (TPSA) is 98.0 Å². The lowest BCUT2D eigenvalue weighted by molar-refractivity contribution is 0.118. The van der Waals surface area contributed by atoms with Crippen molar-refractivity contribution in [3.05, 3.63) is 80.9 Å². The maximum Gasteiger partial charge on any atom is 0.258 e. The molecule has 0 radical (unpaired) electrons.